The number of ether oxygens (including phenoxy) is 1. The third kappa shape index (κ3) is 3.93. The number of methoxy groups -OCH3 is 1. The summed E-state index contributed by atoms with van der Waals surface area (Å²) in [6.45, 7) is 5.64. The van der Waals surface area contributed by atoms with Gasteiger partial charge in [0, 0.05) is 34.9 Å². The topological polar surface area (TPSA) is 159 Å². The van der Waals surface area contributed by atoms with Crippen LogP contribution in [0.25, 0.3) is 10.8 Å². The Morgan fingerprint density at radius 2 is 1.89 bits per heavy atom. The largest absolute Gasteiger partial charge is 0.511 e. The number of carbonyl (C=O) groups excluding carboxylic acids is 3. The van der Waals surface area contributed by atoms with Crippen LogP contribution in [0.5, 0.6) is 11.5 Å². The van der Waals surface area contributed by atoms with Gasteiger partial charge in [0.25, 0.3) is 5.91 Å². The Bertz CT molecular complexity index is 1450. The monoisotopic (exact) mass is 520 g/mol. The van der Waals surface area contributed by atoms with Crippen molar-refractivity contribution in [2.24, 2.45) is 29.4 Å². The van der Waals surface area contributed by atoms with Crippen molar-refractivity contribution in [2.75, 3.05) is 13.7 Å². The Labute approximate surface area is 220 Å². The second-order valence-corrected chi connectivity index (χ2v) is 10.9. The molecule has 1 amide bonds. The van der Waals surface area contributed by atoms with Crippen LogP contribution in [0.3, 0.4) is 0 Å². The Balaban J connectivity index is 1.62. The number of Topliss-reactive ketones (excluding diaryl/α,β-unsaturated/α-hetero) is 2. The third-order valence-corrected chi connectivity index (χ3v) is 7.96. The van der Waals surface area contributed by atoms with Crippen LogP contribution in [0.15, 0.2) is 40.9 Å². The Hall–Kier alpha value is -3.85. The summed E-state index contributed by atoms with van der Waals surface area (Å²) in [4.78, 5) is 38.7. The van der Waals surface area contributed by atoms with Crippen LogP contribution in [-0.4, -0.2) is 46.4 Å². The number of fused-ring (bicyclic) bond motifs is 4. The maximum atomic E-state index is 13.9. The van der Waals surface area contributed by atoms with Crippen LogP contribution in [-0.2, 0) is 22.6 Å². The second-order valence-electron chi connectivity index (χ2n) is 10.9. The van der Waals surface area contributed by atoms with Gasteiger partial charge in [-0.2, -0.15) is 0 Å². The van der Waals surface area contributed by atoms with E-state index in [1.807, 2.05) is 18.2 Å². The van der Waals surface area contributed by atoms with Crippen molar-refractivity contribution in [1.29, 1.82) is 0 Å². The smallest absolute Gasteiger partial charge is 0.255 e. The Kier molecular flexibility index (Phi) is 6.43. The number of nitrogens with two attached hydrogens (primary N) is 1. The van der Waals surface area contributed by atoms with Crippen molar-refractivity contribution >= 4 is 28.2 Å². The summed E-state index contributed by atoms with van der Waals surface area (Å²) >= 11 is 0. The molecule has 3 aliphatic carbocycles. The van der Waals surface area contributed by atoms with E-state index in [0.717, 1.165) is 12.1 Å². The highest BCUT2D eigenvalue weighted by atomic mass is 16.5. The highest BCUT2D eigenvalue weighted by molar-refractivity contribution is 6.22. The molecule has 0 saturated carbocycles. The van der Waals surface area contributed by atoms with Crippen molar-refractivity contribution in [3.63, 3.8) is 0 Å². The van der Waals surface area contributed by atoms with E-state index in [1.165, 1.54) is 7.11 Å². The van der Waals surface area contributed by atoms with Crippen molar-refractivity contribution in [2.45, 2.75) is 39.7 Å². The second kappa shape index (κ2) is 9.47. The lowest BCUT2D eigenvalue weighted by molar-refractivity contribution is -0.126. The van der Waals surface area contributed by atoms with Gasteiger partial charge in [0.15, 0.2) is 11.6 Å². The first kappa shape index (κ1) is 25.8. The number of aliphatic hydroxyl groups excluding tert-OH is 2. The van der Waals surface area contributed by atoms with Gasteiger partial charge in [0.05, 0.1) is 18.6 Å². The van der Waals surface area contributed by atoms with Crippen LogP contribution in [0.1, 0.15) is 48.2 Å². The summed E-state index contributed by atoms with van der Waals surface area (Å²) in [5.74, 6) is -4.54. The number of hydrogen-bond donors (Lipinski definition) is 5. The van der Waals surface area contributed by atoms with E-state index < -0.39 is 46.6 Å². The van der Waals surface area contributed by atoms with E-state index in [2.05, 4.69) is 19.2 Å². The molecule has 9 nitrogen and oxygen atoms in total. The molecule has 2 aromatic carbocycles. The highest BCUT2D eigenvalue weighted by Crippen LogP contribution is 2.52. The lowest BCUT2D eigenvalue weighted by atomic mass is 9.62. The first-order chi connectivity index (χ1) is 18.0. The Morgan fingerprint density at radius 3 is 2.55 bits per heavy atom. The summed E-state index contributed by atoms with van der Waals surface area (Å²) in [5, 5.41) is 37.4. The normalized spacial score (nSPS) is 23.0. The van der Waals surface area contributed by atoms with Gasteiger partial charge in [-0.25, -0.2) is 0 Å². The molecule has 0 fully saturated rings. The van der Waals surface area contributed by atoms with Crippen LogP contribution < -0.4 is 15.8 Å². The number of carbonyl (C=O) groups is 3. The maximum Gasteiger partial charge on any atom is 0.255 e. The van der Waals surface area contributed by atoms with Crippen molar-refractivity contribution < 1.29 is 34.4 Å². The number of phenols is 1. The zero-order valence-corrected chi connectivity index (χ0v) is 21.6. The molecule has 2 aromatic rings. The van der Waals surface area contributed by atoms with E-state index in [-0.39, 0.29) is 29.1 Å². The minimum absolute atomic E-state index is 0.00268. The molecule has 6 N–H and O–H groups in total. The molecule has 0 bridgehead atoms. The van der Waals surface area contributed by atoms with Gasteiger partial charge in [0.1, 0.15) is 28.6 Å². The number of primary amides is 1. The summed E-state index contributed by atoms with van der Waals surface area (Å²) in [5.41, 5.74) is 6.36. The molecule has 5 rings (SSSR count). The number of rotatable bonds is 6. The number of aromatic hydroxyl groups is 1. The van der Waals surface area contributed by atoms with Crippen LogP contribution in [0, 0.1) is 23.7 Å². The van der Waals surface area contributed by atoms with Crippen LogP contribution in [0.4, 0.5) is 0 Å². The van der Waals surface area contributed by atoms with Gasteiger partial charge < -0.3 is 31.1 Å². The first-order valence-corrected chi connectivity index (χ1v) is 12.8. The lowest BCUT2D eigenvalue weighted by Crippen LogP contribution is -2.43. The molecule has 3 aliphatic rings. The molecule has 0 spiro atoms. The number of amides is 1. The predicted molar refractivity (Wildman–Crippen MR) is 140 cm³/mol. The standard InChI is InChI=1S/C29H32N2O7/c1-12(2)10-31-11-13-4-5-16-17(6-13)24(33)22-18(28(16)38-3)8-14-7-15-9-19(32)23(29(30)37)27(36)21(15)25(34)20(14)26(22)35/h4-6,12,14-15,21,31-34H,7-11H2,1-3H3,(H2,30,37). The molecule has 9 heteroatoms. The average molecular weight is 521 g/mol. The van der Waals surface area contributed by atoms with Gasteiger partial charge in [-0.05, 0) is 48.8 Å². The quantitative estimate of drug-likeness (QED) is 0.363. The molecule has 0 aliphatic heterocycles. The minimum atomic E-state index is -1.15. The number of aliphatic hydroxyl groups is 2. The molecule has 0 saturated heterocycles. The maximum absolute atomic E-state index is 13.9. The van der Waals surface area contributed by atoms with Gasteiger partial charge in [-0.3, -0.25) is 14.4 Å². The number of nitrogens with one attached hydrogen (secondary N) is 1. The van der Waals surface area contributed by atoms with E-state index in [4.69, 9.17) is 10.5 Å². The van der Waals surface area contributed by atoms with Gasteiger partial charge in [-0.15, -0.1) is 0 Å². The fourth-order valence-corrected chi connectivity index (χ4v) is 6.37. The fourth-order valence-electron chi connectivity index (χ4n) is 6.37. The van der Waals surface area contributed by atoms with E-state index >= 15 is 0 Å². The summed E-state index contributed by atoms with van der Waals surface area (Å²) in [6.07, 6.45) is 0.631. The van der Waals surface area contributed by atoms with E-state index in [9.17, 15) is 29.7 Å². The first-order valence-electron chi connectivity index (χ1n) is 12.8. The summed E-state index contributed by atoms with van der Waals surface area (Å²) in [7, 11) is 1.52. The molecular weight excluding hydrogens is 488 g/mol. The average Bonchev–Trinajstić information content (AvgIpc) is 2.83. The molecule has 3 atom stereocenters. The molecule has 200 valence electrons. The zero-order chi connectivity index (χ0) is 27.5. The summed E-state index contributed by atoms with van der Waals surface area (Å²) < 4.78 is 5.76. The van der Waals surface area contributed by atoms with Crippen molar-refractivity contribution in [3.05, 3.63) is 57.6 Å². The number of hydrogen-bond acceptors (Lipinski definition) is 8. The van der Waals surface area contributed by atoms with E-state index in [1.54, 1.807) is 0 Å². The highest BCUT2D eigenvalue weighted by Gasteiger charge is 2.50. The third-order valence-electron chi connectivity index (χ3n) is 7.96. The van der Waals surface area contributed by atoms with Crippen LogP contribution >= 0.6 is 0 Å². The van der Waals surface area contributed by atoms with E-state index in [0.29, 0.717) is 47.4 Å². The predicted octanol–water partition coefficient (Wildman–Crippen LogP) is 3.37. The molecule has 38 heavy (non-hydrogen) atoms. The van der Waals surface area contributed by atoms with Crippen LogP contribution in [0.2, 0.25) is 0 Å². The SMILES string of the molecule is COc1c2c(c(O)c3cc(CNCC(C)C)ccc13)C(=O)C1=C(O)C3C(=O)C(C(N)=O)=C(O)CC3CC1C2. The zero-order valence-electron chi connectivity index (χ0n) is 21.6. The lowest BCUT2D eigenvalue weighted by Gasteiger charge is -2.41. The number of ketones is 2. The number of allylic oxidation sites excluding steroid dienone is 3. The summed E-state index contributed by atoms with van der Waals surface area (Å²) in [6, 6.07) is 5.65. The van der Waals surface area contributed by atoms with Crippen molar-refractivity contribution in [3.8, 4) is 11.5 Å². The fraction of sp³-hybridized carbons (Fsp3) is 0.414. The number of phenolic OH excluding ortho intramolecular Hbond substituents is 1. The van der Waals surface area contributed by atoms with Gasteiger partial charge >= 0.3 is 0 Å². The Morgan fingerprint density at radius 1 is 1.16 bits per heavy atom. The number of benzene rings is 2. The van der Waals surface area contributed by atoms with Gasteiger partial charge in [-0.1, -0.05) is 26.0 Å². The molecular formula is C29H32N2O7. The molecule has 0 heterocycles. The molecule has 3 unspecified atom stereocenters. The van der Waals surface area contributed by atoms with Gasteiger partial charge in [0.2, 0.25) is 0 Å². The minimum Gasteiger partial charge on any atom is -0.511 e. The molecule has 0 aromatic heterocycles. The van der Waals surface area contributed by atoms with Crippen molar-refractivity contribution in [1.82, 2.24) is 5.32 Å². The molecule has 0 radical (unpaired) electrons.